The third-order valence-electron chi connectivity index (χ3n) is 2.31. The maximum absolute atomic E-state index is 5.27. The van der Waals surface area contributed by atoms with Crippen molar-refractivity contribution >= 4 is 5.88 Å². The molecule has 2 rings (SSSR count). The molecule has 0 saturated carbocycles. The van der Waals surface area contributed by atoms with Crippen LogP contribution < -0.4 is 5.32 Å². The van der Waals surface area contributed by atoms with Crippen molar-refractivity contribution in [1.29, 1.82) is 0 Å². The van der Waals surface area contributed by atoms with Crippen molar-refractivity contribution in [3.8, 4) is 0 Å². The summed E-state index contributed by atoms with van der Waals surface area (Å²) < 4.78 is 10.1. The van der Waals surface area contributed by atoms with Gasteiger partial charge in [0.05, 0.1) is 19.4 Å². The number of hydrogen-bond acceptors (Lipinski definition) is 6. The predicted molar refractivity (Wildman–Crippen MR) is 49.8 cm³/mol. The smallest absolute Gasteiger partial charge is 0.246 e. The molecule has 0 aromatic carbocycles. The molecule has 14 heavy (non-hydrogen) atoms. The van der Waals surface area contributed by atoms with Crippen molar-refractivity contribution in [2.24, 2.45) is 0 Å². The van der Waals surface area contributed by atoms with Gasteiger partial charge in [0.15, 0.2) is 0 Å². The highest BCUT2D eigenvalue weighted by Crippen LogP contribution is 2.08. The molecule has 1 atom stereocenters. The van der Waals surface area contributed by atoms with Gasteiger partial charge in [-0.05, 0) is 6.92 Å². The molecule has 2 heterocycles. The van der Waals surface area contributed by atoms with Crippen LogP contribution in [0.5, 0.6) is 0 Å². The summed E-state index contributed by atoms with van der Waals surface area (Å²) in [5.74, 6) is 0.601. The van der Waals surface area contributed by atoms with Crippen molar-refractivity contribution in [1.82, 2.24) is 15.3 Å². The number of anilines is 1. The van der Waals surface area contributed by atoms with E-state index in [1.54, 1.807) is 6.20 Å². The number of nitrogens with zero attached hydrogens (tertiary/aromatic N) is 3. The summed E-state index contributed by atoms with van der Waals surface area (Å²) >= 11 is 0. The molecule has 1 aromatic rings. The van der Waals surface area contributed by atoms with E-state index in [0.29, 0.717) is 5.88 Å². The van der Waals surface area contributed by atoms with Gasteiger partial charge in [-0.25, -0.2) is 0 Å². The Kier molecular flexibility index (Phi) is 2.95. The Morgan fingerprint density at radius 2 is 2.29 bits per heavy atom. The molecule has 6 nitrogen and oxygen atoms in total. The third kappa shape index (κ3) is 2.21. The van der Waals surface area contributed by atoms with Gasteiger partial charge in [-0.3, -0.25) is 4.90 Å². The van der Waals surface area contributed by atoms with Crippen LogP contribution in [0, 0.1) is 0 Å². The zero-order valence-electron chi connectivity index (χ0n) is 8.14. The van der Waals surface area contributed by atoms with Gasteiger partial charge in [0, 0.05) is 18.4 Å². The highest BCUT2D eigenvalue weighted by atomic mass is 16.5. The fourth-order valence-corrected chi connectivity index (χ4v) is 1.49. The maximum atomic E-state index is 5.27. The van der Waals surface area contributed by atoms with Gasteiger partial charge in [-0.2, -0.15) is 0 Å². The Bertz CT molecular complexity index is 258. The second-order valence-corrected chi connectivity index (χ2v) is 3.25. The molecule has 0 spiro atoms. The van der Waals surface area contributed by atoms with Crippen LogP contribution in [0.15, 0.2) is 10.7 Å². The first-order valence-corrected chi connectivity index (χ1v) is 4.72. The van der Waals surface area contributed by atoms with Crippen LogP contribution in [-0.2, 0) is 4.74 Å². The highest BCUT2D eigenvalue weighted by molar-refractivity contribution is 5.25. The molecule has 1 fully saturated rings. The fraction of sp³-hybridized carbons (Fsp3) is 0.750. The van der Waals surface area contributed by atoms with E-state index in [0.717, 1.165) is 26.3 Å². The largest absolute Gasteiger partial charge is 0.379 e. The van der Waals surface area contributed by atoms with E-state index in [-0.39, 0.29) is 6.17 Å². The van der Waals surface area contributed by atoms with E-state index < -0.39 is 0 Å². The summed E-state index contributed by atoms with van der Waals surface area (Å²) in [6, 6.07) is 0. The van der Waals surface area contributed by atoms with Crippen molar-refractivity contribution in [2.45, 2.75) is 13.1 Å². The van der Waals surface area contributed by atoms with Crippen molar-refractivity contribution < 1.29 is 9.26 Å². The normalized spacial score (nSPS) is 20.6. The molecular formula is C8H14N4O2. The molecule has 0 aliphatic carbocycles. The molecule has 1 aliphatic rings. The summed E-state index contributed by atoms with van der Waals surface area (Å²) in [6.45, 7) is 5.54. The quantitative estimate of drug-likeness (QED) is 0.746. The van der Waals surface area contributed by atoms with Gasteiger partial charge in [-0.1, -0.05) is 0 Å². The molecule has 1 N–H and O–H groups in total. The average Bonchev–Trinajstić information content (AvgIpc) is 2.72. The standard InChI is InChI=1S/C8H14N4O2/c1-7(10-8-6-9-11-14-8)12-2-4-13-5-3-12/h6-7,10H,2-5H2,1H3. The van der Waals surface area contributed by atoms with Gasteiger partial charge in [0.1, 0.15) is 6.20 Å². The van der Waals surface area contributed by atoms with Crippen LogP contribution in [0.4, 0.5) is 5.88 Å². The van der Waals surface area contributed by atoms with Crippen molar-refractivity contribution in [3.05, 3.63) is 6.20 Å². The topological polar surface area (TPSA) is 63.4 Å². The minimum absolute atomic E-state index is 0.216. The van der Waals surface area contributed by atoms with Crippen LogP contribution >= 0.6 is 0 Å². The number of rotatable bonds is 3. The third-order valence-corrected chi connectivity index (χ3v) is 2.31. The minimum atomic E-state index is 0.216. The molecule has 6 heteroatoms. The number of morpholine rings is 1. The Balaban J connectivity index is 1.85. The fourth-order valence-electron chi connectivity index (χ4n) is 1.49. The van der Waals surface area contributed by atoms with E-state index in [1.807, 2.05) is 0 Å². The lowest BCUT2D eigenvalue weighted by Crippen LogP contribution is -2.45. The first-order chi connectivity index (χ1) is 6.86. The molecule has 0 bridgehead atoms. The van der Waals surface area contributed by atoms with E-state index in [9.17, 15) is 0 Å². The van der Waals surface area contributed by atoms with Crippen molar-refractivity contribution in [2.75, 3.05) is 31.6 Å². The molecule has 1 aromatic heterocycles. The molecule has 78 valence electrons. The summed E-state index contributed by atoms with van der Waals surface area (Å²) in [4.78, 5) is 2.28. The van der Waals surface area contributed by atoms with Crippen LogP contribution in [-0.4, -0.2) is 47.7 Å². The zero-order valence-corrected chi connectivity index (χ0v) is 8.14. The Morgan fingerprint density at radius 1 is 1.50 bits per heavy atom. The van der Waals surface area contributed by atoms with E-state index >= 15 is 0 Å². The predicted octanol–water partition coefficient (Wildman–Crippen LogP) is 0.160. The second-order valence-electron chi connectivity index (χ2n) is 3.25. The van der Waals surface area contributed by atoms with Gasteiger partial charge in [-0.15, -0.1) is 5.10 Å². The second kappa shape index (κ2) is 4.39. The molecule has 1 aliphatic heterocycles. The van der Waals surface area contributed by atoms with E-state index in [4.69, 9.17) is 9.26 Å². The lowest BCUT2D eigenvalue weighted by atomic mass is 10.3. The minimum Gasteiger partial charge on any atom is -0.379 e. The molecule has 0 amide bonds. The Hall–Kier alpha value is -1.14. The number of hydrogen-bond donors (Lipinski definition) is 1. The zero-order chi connectivity index (χ0) is 9.80. The lowest BCUT2D eigenvalue weighted by Gasteiger charge is -2.32. The monoisotopic (exact) mass is 198 g/mol. The van der Waals surface area contributed by atoms with Gasteiger partial charge >= 0.3 is 0 Å². The van der Waals surface area contributed by atoms with Gasteiger partial charge < -0.3 is 14.6 Å². The Labute approximate surface area is 82.2 Å². The molecular weight excluding hydrogens is 184 g/mol. The van der Waals surface area contributed by atoms with E-state index in [2.05, 4.69) is 27.5 Å². The first kappa shape index (κ1) is 9.42. The molecule has 1 saturated heterocycles. The number of ether oxygens (including phenoxy) is 1. The summed E-state index contributed by atoms with van der Waals surface area (Å²) in [5, 5.41) is 10.2. The van der Waals surface area contributed by atoms with Crippen LogP contribution in [0.3, 0.4) is 0 Å². The highest BCUT2D eigenvalue weighted by Gasteiger charge is 2.17. The summed E-state index contributed by atoms with van der Waals surface area (Å²) in [6.07, 6.45) is 1.78. The van der Waals surface area contributed by atoms with Crippen molar-refractivity contribution in [3.63, 3.8) is 0 Å². The van der Waals surface area contributed by atoms with Crippen LogP contribution in [0.2, 0.25) is 0 Å². The summed E-state index contributed by atoms with van der Waals surface area (Å²) in [7, 11) is 0. The Morgan fingerprint density at radius 3 is 2.93 bits per heavy atom. The summed E-state index contributed by atoms with van der Waals surface area (Å²) in [5.41, 5.74) is 0. The number of aromatic nitrogens is 2. The maximum Gasteiger partial charge on any atom is 0.246 e. The van der Waals surface area contributed by atoms with E-state index in [1.165, 1.54) is 0 Å². The van der Waals surface area contributed by atoms with Crippen LogP contribution in [0.25, 0.3) is 0 Å². The molecule has 0 radical (unpaired) electrons. The first-order valence-electron chi connectivity index (χ1n) is 4.72. The molecule has 1 unspecified atom stereocenters. The average molecular weight is 198 g/mol. The SMILES string of the molecule is CC(Nc1cnno1)N1CCOCC1. The van der Waals surface area contributed by atoms with Crippen LogP contribution in [0.1, 0.15) is 6.92 Å². The lowest BCUT2D eigenvalue weighted by molar-refractivity contribution is 0.0250. The van der Waals surface area contributed by atoms with Gasteiger partial charge in [0.25, 0.3) is 0 Å². The number of nitrogens with one attached hydrogen (secondary N) is 1. The van der Waals surface area contributed by atoms with Gasteiger partial charge in [0.2, 0.25) is 5.88 Å².